The van der Waals surface area contributed by atoms with Gasteiger partial charge < -0.3 is 4.74 Å². The number of pyridine rings is 1. The van der Waals surface area contributed by atoms with Crippen LogP contribution in [-0.2, 0) is 17.6 Å². The van der Waals surface area contributed by atoms with Gasteiger partial charge in [-0.15, -0.1) is 0 Å². The van der Waals surface area contributed by atoms with Gasteiger partial charge in [-0.25, -0.2) is 0 Å². The smallest absolute Gasteiger partial charge is 0.361 e. The third kappa shape index (κ3) is 5.20. The Labute approximate surface area is 111 Å². The monoisotopic (exact) mass is 293 g/mol. The van der Waals surface area contributed by atoms with Crippen LogP contribution in [0.5, 0.6) is 0 Å². The minimum absolute atomic E-state index is 0.146. The van der Waals surface area contributed by atoms with Crippen LogP contribution in [-0.4, -0.2) is 19.2 Å². The normalized spacial score (nSPS) is 12.7. The molecule has 0 N–H and O–H groups in total. The van der Waals surface area contributed by atoms with E-state index in [-0.39, 0.29) is 6.73 Å². The summed E-state index contributed by atoms with van der Waals surface area (Å²) >= 11 is 0. The summed E-state index contributed by atoms with van der Waals surface area (Å²) in [5, 5.41) is 0. The van der Waals surface area contributed by atoms with Crippen molar-refractivity contribution in [3.8, 4) is 0 Å². The minimum atomic E-state index is -4.63. The average molecular weight is 293 g/mol. The van der Waals surface area contributed by atoms with E-state index in [1.165, 1.54) is 12.3 Å². The molecule has 0 bridgehead atoms. The van der Waals surface area contributed by atoms with Crippen LogP contribution < -0.4 is 5.56 Å². The number of nitrogens with zero attached hydrogens (tertiary/aromatic N) is 1. The molecule has 19 heavy (non-hydrogen) atoms. The summed E-state index contributed by atoms with van der Waals surface area (Å²) in [6.07, 6.45) is -3.33. The molecule has 1 heterocycles. The summed E-state index contributed by atoms with van der Waals surface area (Å²) in [5.74, 6) is 0. The Morgan fingerprint density at radius 1 is 1.32 bits per heavy atom. The fourth-order valence-corrected chi connectivity index (χ4v) is 2.15. The van der Waals surface area contributed by atoms with Crippen molar-refractivity contribution in [1.82, 2.24) is 4.57 Å². The lowest BCUT2D eigenvalue weighted by Gasteiger charge is -2.16. The van der Waals surface area contributed by atoms with Crippen LogP contribution in [0.15, 0.2) is 23.1 Å². The van der Waals surface area contributed by atoms with Gasteiger partial charge in [-0.05, 0) is 18.2 Å². The molecule has 0 aliphatic heterocycles. The molecule has 0 atom stereocenters. The summed E-state index contributed by atoms with van der Waals surface area (Å²) in [6, 6.07) is 2.88. The van der Waals surface area contributed by atoms with Gasteiger partial charge in [-0.2, -0.15) is 13.2 Å². The molecule has 108 valence electrons. The minimum Gasteiger partial charge on any atom is -0.361 e. The Hall–Kier alpha value is -1.08. The maximum atomic E-state index is 12.5. The SMILES string of the molecule is C[Si](C)(C)CCOCn1cccc(C(F)(F)F)c1=O. The van der Waals surface area contributed by atoms with Crippen molar-refractivity contribution < 1.29 is 17.9 Å². The molecule has 7 heteroatoms. The standard InChI is InChI=1S/C12H18F3NO2Si/c1-19(2,3)8-7-18-9-16-6-4-5-10(11(16)17)12(13,14)15/h4-6H,7-9H2,1-3H3. The highest BCUT2D eigenvalue weighted by atomic mass is 28.3. The highest BCUT2D eigenvalue weighted by Gasteiger charge is 2.34. The summed E-state index contributed by atoms with van der Waals surface area (Å²) in [6.45, 7) is 6.83. The van der Waals surface area contributed by atoms with Crippen molar-refractivity contribution in [3.05, 3.63) is 34.2 Å². The molecule has 1 aromatic rings. The van der Waals surface area contributed by atoms with Gasteiger partial charge in [0.1, 0.15) is 12.3 Å². The Bertz CT molecular complexity index is 477. The van der Waals surface area contributed by atoms with E-state index in [9.17, 15) is 18.0 Å². The second kappa shape index (κ2) is 5.92. The van der Waals surface area contributed by atoms with Crippen LogP contribution in [0.2, 0.25) is 25.7 Å². The van der Waals surface area contributed by atoms with E-state index in [0.717, 1.165) is 16.7 Å². The lowest BCUT2D eigenvalue weighted by Crippen LogP contribution is -2.29. The van der Waals surface area contributed by atoms with Gasteiger partial charge in [0.15, 0.2) is 0 Å². The number of ether oxygens (including phenoxy) is 1. The maximum absolute atomic E-state index is 12.5. The first-order chi connectivity index (χ1) is 8.61. The van der Waals surface area contributed by atoms with E-state index in [1.54, 1.807) is 0 Å². The summed E-state index contributed by atoms with van der Waals surface area (Å²) < 4.78 is 43.8. The first-order valence-electron chi connectivity index (χ1n) is 5.96. The van der Waals surface area contributed by atoms with Crippen molar-refractivity contribution in [2.24, 2.45) is 0 Å². The number of alkyl halides is 3. The van der Waals surface area contributed by atoms with Gasteiger partial charge in [-0.1, -0.05) is 19.6 Å². The summed E-state index contributed by atoms with van der Waals surface area (Å²) in [4.78, 5) is 11.6. The van der Waals surface area contributed by atoms with Crippen molar-refractivity contribution in [3.63, 3.8) is 0 Å². The van der Waals surface area contributed by atoms with Gasteiger partial charge in [0.2, 0.25) is 0 Å². The molecule has 0 spiro atoms. The van der Waals surface area contributed by atoms with Crippen LogP contribution in [0.25, 0.3) is 0 Å². The molecule has 0 amide bonds. The molecule has 0 saturated heterocycles. The fourth-order valence-electron chi connectivity index (χ4n) is 1.40. The molecular weight excluding hydrogens is 275 g/mol. The average Bonchev–Trinajstić information content (AvgIpc) is 2.23. The number of halogens is 3. The highest BCUT2D eigenvalue weighted by molar-refractivity contribution is 6.76. The van der Waals surface area contributed by atoms with Crippen LogP contribution in [0.1, 0.15) is 5.56 Å². The largest absolute Gasteiger partial charge is 0.421 e. The number of aromatic nitrogens is 1. The third-order valence-electron chi connectivity index (χ3n) is 2.55. The Morgan fingerprint density at radius 2 is 1.95 bits per heavy atom. The highest BCUT2D eigenvalue weighted by Crippen LogP contribution is 2.25. The van der Waals surface area contributed by atoms with Crippen LogP contribution in [0.4, 0.5) is 13.2 Å². The first-order valence-corrected chi connectivity index (χ1v) is 9.66. The zero-order chi connectivity index (χ0) is 14.7. The number of hydrogen-bond donors (Lipinski definition) is 0. The Balaban J connectivity index is 2.68. The van der Waals surface area contributed by atoms with Gasteiger partial charge in [0.25, 0.3) is 5.56 Å². The lowest BCUT2D eigenvalue weighted by atomic mass is 10.3. The predicted molar refractivity (Wildman–Crippen MR) is 69.8 cm³/mol. The molecule has 0 aliphatic rings. The van der Waals surface area contributed by atoms with Crippen molar-refractivity contribution in [2.45, 2.75) is 38.6 Å². The molecule has 3 nitrogen and oxygen atoms in total. The summed E-state index contributed by atoms with van der Waals surface area (Å²) in [7, 11) is -1.24. The predicted octanol–water partition coefficient (Wildman–Crippen LogP) is 3.18. The topological polar surface area (TPSA) is 31.2 Å². The molecule has 0 unspecified atom stereocenters. The van der Waals surface area contributed by atoms with Gasteiger partial charge in [0.05, 0.1) is 0 Å². The lowest BCUT2D eigenvalue weighted by molar-refractivity contribution is -0.139. The molecule has 1 rings (SSSR count). The second-order valence-electron chi connectivity index (χ2n) is 5.54. The Morgan fingerprint density at radius 3 is 2.47 bits per heavy atom. The second-order valence-corrected chi connectivity index (χ2v) is 11.2. The van der Waals surface area contributed by atoms with E-state index >= 15 is 0 Å². The fraction of sp³-hybridized carbons (Fsp3) is 0.583. The van der Waals surface area contributed by atoms with Gasteiger partial charge in [-0.3, -0.25) is 9.36 Å². The van der Waals surface area contributed by atoms with E-state index in [1.807, 2.05) is 0 Å². The molecule has 0 radical (unpaired) electrons. The van der Waals surface area contributed by atoms with Gasteiger partial charge in [0, 0.05) is 20.9 Å². The number of rotatable bonds is 5. The van der Waals surface area contributed by atoms with Crippen LogP contribution in [0.3, 0.4) is 0 Å². The summed E-state index contributed by atoms with van der Waals surface area (Å²) in [5.41, 5.74) is -2.23. The van der Waals surface area contributed by atoms with Crippen molar-refractivity contribution in [2.75, 3.05) is 6.61 Å². The van der Waals surface area contributed by atoms with E-state index in [0.29, 0.717) is 6.61 Å². The molecular formula is C12H18F3NO2Si. The number of hydrogen-bond acceptors (Lipinski definition) is 2. The molecule has 0 fully saturated rings. The van der Waals surface area contributed by atoms with Crippen LogP contribution >= 0.6 is 0 Å². The van der Waals surface area contributed by atoms with Crippen molar-refractivity contribution in [1.29, 1.82) is 0 Å². The first kappa shape index (κ1) is 16.0. The molecule has 0 saturated carbocycles. The molecule has 0 aromatic carbocycles. The van der Waals surface area contributed by atoms with Crippen LogP contribution in [0, 0.1) is 0 Å². The third-order valence-corrected chi connectivity index (χ3v) is 4.26. The Kier molecular flexibility index (Phi) is 4.97. The maximum Gasteiger partial charge on any atom is 0.421 e. The molecule has 1 aromatic heterocycles. The van der Waals surface area contributed by atoms with Crippen molar-refractivity contribution >= 4 is 8.07 Å². The van der Waals surface area contributed by atoms with Gasteiger partial charge >= 0.3 is 6.18 Å². The quantitative estimate of drug-likeness (QED) is 0.617. The van der Waals surface area contributed by atoms with E-state index in [4.69, 9.17) is 4.74 Å². The zero-order valence-electron chi connectivity index (χ0n) is 11.3. The van der Waals surface area contributed by atoms with E-state index in [2.05, 4.69) is 19.6 Å². The zero-order valence-corrected chi connectivity index (χ0v) is 12.3. The molecule has 0 aliphatic carbocycles. The van der Waals surface area contributed by atoms with E-state index < -0.39 is 25.4 Å².